The summed E-state index contributed by atoms with van der Waals surface area (Å²) in [7, 11) is 0. The van der Waals surface area contributed by atoms with Gasteiger partial charge in [0.05, 0.1) is 11.6 Å². The molecule has 0 saturated carbocycles. The van der Waals surface area contributed by atoms with Crippen LogP contribution in [-0.4, -0.2) is 16.8 Å². The van der Waals surface area contributed by atoms with Gasteiger partial charge in [0.15, 0.2) is 0 Å². The molecule has 1 unspecified atom stereocenters. The van der Waals surface area contributed by atoms with Crippen molar-refractivity contribution in [2.45, 2.75) is 71.8 Å². The summed E-state index contributed by atoms with van der Waals surface area (Å²) in [6.45, 7) is 14.9. The van der Waals surface area contributed by atoms with Gasteiger partial charge in [0, 0.05) is 11.3 Å². The first-order valence-electron chi connectivity index (χ1n) is 12.9. The van der Waals surface area contributed by atoms with Crippen molar-refractivity contribution in [3.05, 3.63) is 106 Å². The van der Waals surface area contributed by atoms with E-state index in [2.05, 4.69) is 48.5 Å². The van der Waals surface area contributed by atoms with Crippen LogP contribution in [0.1, 0.15) is 82.3 Å². The van der Waals surface area contributed by atoms with Gasteiger partial charge >= 0.3 is 0 Å². The summed E-state index contributed by atoms with van der Waals surface area (Å²) in [4.78, 5) is 28.4. The number of aryl methyl sites for hydroxylation is 1. The van der Waals surface area contributed by atoms with E-state index in [4.69, 9.17) is 0 Å². The predicted molar refractivity (Wildman–Crippen MR) is 151 cm³/mol. The molecule has 1 aliphatic rings. The summed E-state index contributed by atoms with van der Waals surface area (Å²) >= 11 is 0. The number of carbonyl (C=O) groups is 2. The molecule has 0 aromatic heterocycles. The van der Waals surface area contributed by atoms with E-state index < -0.39 is 17.7 Å². The van der Waals surface area contributed by atoms with E-state index in [0.717, 1.165) is 28.7 Å². The molecule has 4 nitrogen and oxygen atoms in total. The van der Waals surface area contributed by atoms with E-state index >= 15 is 0 Å². The van der Waals surface area contributed by atoms with Gasteiger partial charge in [-0.25, -0.2) is 0 Å². The number of ketones is 1. The van der Waals surface area contributed by atoms with Gasteiger partial charge in [-0.2, -0.15) is 0 Å². The Balaban J connectivity index is 1.89. The Hall–Kier alpha value is -3.66. The first-order chi connectivity index (χ1) is 17.3. The molecule has 3 aromatic carbocycles. The van der Waals surface area contributed by atoms with Gasteiger partial charge in [0.25, 0.3) is 11.7 Å². The standard InChI is InChI=1S/C33H37NO3/c1-8-21-9-11-23(12-10-21)29(35)27-28(22-13-15-24(16-14-22)32(2,3)4)34(31(37)30(27)36)26-19-17-25(18-20-26)33(5,6)7/h9-20,28,35H,8H2,1-7H3/b29-27-. The molecular weight excluding hydrogens is 458 g/mol. The smallest absolute Gasteiger partial charge is 0.300 e. The molecule has 0 radical (unpaired) electrons. The van der Waals surface area contributed by atoms with Gasteiger partial charge in [0.2, 0.25) is 0 Å². The Kier molecular flexibility index (Phi) is 6.89. The lowest BCUT2D eigenvalue weighted by Crippen LogP contribution is -2.29. The normalized spacial score (nSPS) is 17.9. The second-order valence-electron chi connectivity index (χ2n) is 11.9. The highest BCUT2D eigenvalue weighted by Crippen LogP contribution is 2.43. The van der Waals surface area contributed by atoms with E-state index in [1.807, 2.05) is 60.7 Å². The fraction of sp³-hybridized carbons (Fsp3) is 0.333. The second kappa shape index (κ2) is 9.66. The van der Waals surface area contributed by atoms with Gasteiger partial charge in [-0.1, -0.05) is 109 Å². The lowest BCUT2D eigenvalue weighted by atomic mass is 9.85. The van der Waals surface area contributed by atoms with Crippen LogP contribution in [0.15, 0.2) is 78.4 Å². The monoisotopic (exact) mass is 495 g/mol. The Morgan fingerprint density at radius 1 is 0.757 bits per heavy atom. The van der Waals surface area contributed by atoms with Crippen LogP contribution in [-0.2, 0) is 26.8 Å². The van der Waals surface area contributed by atoms with Gasteiger partial charge in [-0.05, 0) is 51.6 Å². The Morgan fingerprint density at radius 2 is 1.24 bits per heavy atom. The van der Waals surface area contributed by atoms with Crippen molar-refractivity contribution in [3.63, 3.8) is 0 Å². The quantitative estimate of drug-likeness (QED) is 0.232. The number of carbonyl (C=O) groups excluding carboxylic acids is 2. The molecule has 1 saturated heterocycles. The van der Waals surface area contributed by atoms with Crippen LogP contribution in [0.2, 0.25) is 0 Å². The summed E-state index contributed by atoms with van der Waals surface area (Å²) in [5.74, 6) is -1.47. The average Bonchev–Trinajstić information content (AvgIpc) is 3.13. The highest BCUT2D eigenvalue weighted by molar-refractivity contribution is 6.51. The highest BCUT2D eigenvalue weighted by atomic mass is 16.3. The van der Waals surface area contributed by atoms with Crippen LogP contribution < -0.4 is 4.90 Å². The number of amides is 1. The molecule has 1 aliphatic heterocycles. The molecular formula is C33H37NO3. The van der Waals surface area contributed by atoms with Crippen molar-refractivity contribution in [2.75, 3.05) is 4.90 Å². The van der Waals surface area contributed by atoms with Crippen LogP contribution in [0.25, 0.3) is 5.76 Å². The number of rotatable bonds is 4. The van der Waals surface area contributed by atoms with Crippen LogP contribution in [0.5, 0.6) is 0 Å². The summed E-state index contributed by atoms with van der Waals surface area (Å²) < 4.78 is 0. The first kappa shape index (κ1) is 26.4. The minimum atomic E-state index is -0.736. The minimum absolute atomic E-state index is 0.0375. The number of aliphatic hydroxyl groups is 1. The van der Waals surface area contributed by atoms with E-state index in [9.17, 15) is 14.7 Å². The van der Waals surface area contributed by atoms with Gasteiger partial charge < -0.3 is 5.11 Å². The summed E-state index contributed by atoms with van der Waals surface area (Å²) in [5.41, 5.74) is 5.37. The largest absolute Gasteiger partial charge is 0.507 e. The SMILES string of the molecule is CCc1ccc(/C(O)=C2/C(=O)C(=O)N(c3ccc(C(C)(C)C)cc3)C2c2ccc(C(C)(C)C)cc2)cc1. The topological polar surface area (TPSA) is 57.6 Å². The molecule has 37 heavy (non-hydrogen) atoms. The van der Waals surface area contributed by atoms with Crippen LogP contribution in [0, 0.1) is 0 Å². The van der Waals surface area contributed by atoms with E-state index in [1.54, 1.807) is 12.1 Å². The number of aliphatic hydroxyl groups excluding tert-OH is 1. The summed E-state index contributed by atoms with van der Waals surface area (Å²) in [6, 6.07) is 22.5. The molecule has 4 heteroatoms. The van der Waals surface area contributed by atoms with Crippen LogP contribution >= 0.6 is 0 Å². The Bertz CT molecular complexity index is 1330. The number of Topliss-reactive ketones (excluding diaryl/α,β-unsaturated/α-hetero) is 1. The maximum Gasteiger partial charge on any atom is 0.300 e. The second-order valence-corrected chi connectivity index (χ2v) is 11.9. The van der Waals surface area contributed by atoms with Gasteiger partial charge in [-0.15, -0.1) is 0 Å². The molecule has 1 fully saturated rings. The molecule has 0 bridgehead atoms. The maximum atomic E-state index is 13.5. The van der Waals surface area contributed by atoms with Crippen molar-refractivity contribution < 1.29 is 14.7 Å². The van der Waals surface area contributed by atoms with Crippen LogP contribution in [0.4, 0.5) is 5.69 Å². The van der Waals surface area contributed by atoms with Crippen molar-refractivity contribution >= 4 is 23.1 Å². The maximum absolute atomic E-state index is 13.5. The third-order valence-electron chi connectivity index (χ3n) is 7.18. The molecule has 1 N–H and O–H groups in total. The number of benzene rings is 3. The molecule has 1 amide bonds. The summed E-state index contributed by atoms with van der Waals surface area (Å²) in [6.07, 6.45) is 0.871. The molecule has 4 rings (SSSR count). The Labute approximate surface area is 220 Å². The molecule has 3 aromatic rings. The zero-order chi connectivity index (χ0) is 27.1. The number of nitrogens with zero attached hydrogens (tertiary/aromatic N) is 1. The zero-order valence-electron chi connectivity index (χ0n) is 22.9. The van der Waals surface area contributed by atoms with Crippen molar-refractivity contribution in [2.24, 2.45) is 0 Å². The van der Waals surface area contributed by atoms with E-state index in [0.29, 0.717) is 11.3 Å². The van der Waals surface area contributed by atoms with Crippen LogP contribution in [0.3, 0.4) is 0 Å². The molecule has 192 valence electrons. The molecule has 0 spiro atoms. The lowest BCUT2D eigenvalue weighted by Gasteiger charge is -2.27. The molecule has 0 aliphatic carbocycles. The van der Waals surface area contributed by atoms with E-state index in [-0.39, 0.29) is 22.2 Å². The van der Waals surface area contributed by atoms with Crippen molar-refractivity contribution in [1.82, 2.24) is 0 Å². The minimum Gasteiger partial charge on any atom is -0.507 e. The number of anilines is 1. The third kappa shape index (κ3) is 5.11. The number of hydrogen-bond donors (Lipinski definition) is 1. The van der Waals surface area contributed by atoms with Crippen molar-refractivity contribution in [1.29, 1.82) is 0 Å². The number of hydrogen-bond acceptors (Lipinski definition) is 3. The van der Waals surface area contributed by atoms with Crippen molar-refractivity contribution in [3.8, 4) is 0 Å². The fourth-order valence-corrected chi connectivity index (χ4v) is 4.76. The average molecular weight is 496 g/mol. The predicted octanol–water partition coefficient (Wildman–Crippen LogP) is 7.47. The fourth-order valence-electron chi connectivity index (χ4n) is 4.76. The van der Waals surface area contributed by atoms with Gasteiger partial charge in [-0.3, -0.25) is 14.5 Å². The Morgan fingerprint density at radius 3 is 1.70 bits per heavy atom. The first-order valence-corrected chi connectivity index (χ1v) is 12.9. The molecule has 1 atom stereocenters. The summed E-state index contributed by atoms with van der Waals surface area (Å²) in [5, 5.41) is 11.4. The molecule has 1 heterocycles. The van der Waals surface area contributed by atoms with E-state index in [1.165, 1.54) is 4.90 Å². The lowest BCUT2D eigenvalue weighted by molar-refractivity contribution is -0.132. The van der Waals surface area contributed by atoms with Gasteiger partial charge in [0.1, 0.15) is 5.76 Å². The third-order valence-corrected chi connectivity index (χ3v) is 7.18. The highest BCUT2D eigenvalue weighted by Gasteiger charge is 2.47. The zero-order valence-corrected chi connectivity index (χ0v) is 22.9.